The minimum absolute atomic E-state index is 0.128. The molecule has 0 radical (unpaired) electrons. The van der Waals surface area contributed by atoms with E-state index in [1.165, 1.54) is 19.3 Å². The van der Waals surface area contributed by atoms with Crippen LogP contribution in [0.1, 0.15) is 60.8 Å². The Morgan fingerprint density at radius 1 is 1.29 bits per heavy atom. The molecule has 0 bridgehead atoms. The molecule has 102 valence electrons. The fourth-order valence-electron chi connectivity index (χ4n) is 2.88. The van der Waals surface area contributed by atoms with Gasteiger partial charge >= 0.3 is 0 Å². The SMILES string of the molecule is CC1CC(OCC(N)C(C)(C)C)CC(C)(C)C1. The van der Waals surface area contributed by atoms with Crippen LogP contribution in [-0.4, -0.2) is 18.8 Å². The van der Waals surface area contributed by atoms with Crippen molar-refractivity contribution in [2.75, 3.05) is 6.61 Å². The lowest BCUT2D eigenvalue weighted by Gasteiger charge is -2.39. The van der Waals surface area contributed by atoms with Gasteiger partial charge in [0.05, 0.1) is 12.7 Å². The van der Waals surface area contributed by atoms with Crippen LogP contribution in [0.4, 0.5) is 0 Å². The highest BCUT2D eigenvalue weighted by atomic mass is 16.5. The monoisotopic (exact) mass is 241 g/mol. The topological polar surface area (TPSA) is 35.2 Å². The van der Waals surface area contributed by atoms with Crippen molar-refractivity contribution >= 4 is 0 Å². The fourth-order valence-corrected chi connectivity index (χ4v) is 2.88. The van der Waals surface area contributed by atoms with Gasteiger partial charge in [-0.15, -0.1) is 0 Å². The molecule has 1 saturated carbocycles. The predicted molar refractivity (Wildman–Crippen MR) is 74.0 cm³/mol. The third-order valence-electron chi connectivity index (χ3n) is 3.97. The first-order valence-electron chi connectivity index (χ1n) is 6.97. The van der Waals surface area contributed by atoms with Crippen molar-refractivity contribution in [2.24, 2.45) is 22.5 Å². The highest BCUT2D eigenvalue weighted by Gasteiger charge is 2.33. The summed E-state index contributed by atoms with van der Waals surface area (Å²) >= 11 is 0. The van der Waals surface area contributed by atoms with Crippen molar-refractivity contribution in [3.05, 3.63) is 0 Å². The normalized spacial score (nSPS) is 31.2. The summed E-state index contributed by atoms with van der Waals surface area (Å²) in [5.41, 5.74) is 6.70. The maximum absolute atomic E-state index is 6.15. The minimum atomic E-state index is 0.128. The number of hydrogen-bond acceptors (Lipinski definition) is 2. The number of nitrogens with two attached hydrogens (primary N) is 1. The van der Waals surface area contributed by atoms with Gasteiger partial charge in [-0.2, -0.15) is 0 Å². The Balaban J connectivity index is 2.42. The zero-order chi connectivity index (χ0) is 13.3. The average molecular weight is 241 g/mol. The van der Waals surface area contributed by atoms with Gasteiger partial charge < -0.3 is 10.5 Å². The van der Waals surface area contributed by atoms with Crippen molar-refractivity contribution < 1.29 is 4.74 Å². The summed E-state index contributed by atoms with van der Waals surface area (Å²) in [6.45, 7) is 14.3. The van der Waals surface area contributed by atoms with Crippen LogP contribution in [0.3, 0.4) is 0 Å². The Kier molecular flexibility index (Phi) is 4.65. The largest absolute Gasteiger partial charge is 0.377 e. The van der Waals surface area contributed by atoms with Crippen LogP contribution in [0, 0.1) is 16.7 Å². The van der Waals surface area contributed by atoms with E-state index in [4.69, 9.17) is 10.5 Å². The Morgan fingerprint density at radius 3 is 2.35 bits per heavy atom. The molecule has 1 aliphatic carbocycles. The first kappa shape index (κ1) is 15.0. The second-order valence-corrected chi connectivity index (χ2v) is 7.84. The zero-order valence-corrected chi connectivity index (χ0v) is 12.5. The van der Waals surface area contributed by atoms with Crippen molar-refractivity contribution in [2.45, 2.75) is 73.0 Å². The molecule has 3 unspecified atom stereocenters. The summed E-state index contributed by atoms with van der Waals surface area (Å²) in [7, 11) is 0. The number of hydrogen-bond donors (Lipinski definition) is 1. The van der Waals surface area contributed by atoms with Crippen LogP contribution in [0.2, 0.25) is 0 Å². The Hall–Kier alpha value is -0.0800. The highest BCUT2D eigenvalue weighted by molar-refractivity contribution is 4.84. The van der Waals surface area contributed by atoms with Crippen LogP contribution in [-0.2, 0) is 4.74 Å². The molecule has 2 N–H and O–H groups in total. The van der Waals surface area contributed by atoms with E-state index in [0.717, 1.165) is 5.92 Å². The lowest BCUT2D eigenvalue weighted by atomic mass is 9.71. The quantitative estimate of drug-likeness (QED) is 0.819. The van der Waals surface area contributed by atoms with Crippen LogP contribution >= 0.6 is 0 Å². The van der Waals surface area contributed by atoms with Gasteiger partial charge in [0.25, 0.3) is 0 Å². The van der Waals surface area contributed by atoms with E-state index in [-0.39, 0.29) is 11.5 Å². The maximum Gasteiger partial charge on any atom is 0.0626 e. The smallest absolute Gasteiger partial charge is 0.0626 e. The van der Waals surface area contributed by atoms with E-state index in [0.29, 0.717) is 18.1 Å². The molecule has 0 heterocycles. The molecule has 1 fully saturated rings. The molecule has 0 aromatic rings. The van der Waals surface area contributed by atoms with Gasteiger partial charge in [-0.3, -0.25) is 0 Å². The van der Waals surface area contributed by atoms with Crippen molar-refractivity contribution in [3.63, 3.8) is 0 Å². The van der Waals surface area contributed by atoms with E-state index in [1.54, 1.807) is 0 Å². The first-order valence-corrected chi connectivity index (χ1v) is 6.97. The molecule has 2 nitrogen and oxygen atoms in total. The van der Waals surface area contributed by atoms with Gasteiger partial charge in [0.1, 0.15) is 0 Å². The van der Waals surface area contributed by atoms with Crippen LogP contribution < -0.4 is 5.73 Å². The van der Waals surface area contributed by atoms with Crippen LogP contribution in [0.25, 0.3) is 0 Å². The first-order chi connectivity index (χ1) is 7.60. The summed E-state index contributed by atoms with van der Waals surface area (Å²) in [5, 5.41) is 0. The fraction of sp³-hybridized carbons (Fsp3) is 1.00. The predicted octanol–water partition coefficient (Wildman–Crippen LogP) is 3.59. The second-order valence-electron chi connectivity index (χ2n) is 7.84. The Bertz CT molecular complexity index is 242. The molecule has 0 saturated heterocycles. The van der Waals surface area contributed by atoms with Gasteiger partial charge in [0.2, 0.25) is 0 Å². The summed E-state index contributed by atoms with van der Waals surface area (Å²) < 4.78 is 6.05. The molecule has 2 heteroatoms. The van der Waals surface area contributed by atoms with Crippen molar-refractivity contribution in [3.8, 4) is 0 Å². The minimum Gasteiger partial charge on any atom is -0.377 e. The van der Waals surface area contributed by atoms with E-state index >= 15 is 0 Å². The summed E-state index contributed by atoms with van der Waals surface area (Å²) in [6.07, 6.45) is 4.09. The lowest BCUT2D eigenvalue weighted by Crippen LogP contribution is -2.42. The summed E-state index contributed by atoms with van der Waals surface area (Å²) in [6, 6.07) is 0.128. The van der Waals surface area contributed by atoms with Gasteiger partial charge in [-0.25, -0.2) is 0 Å². The molecule has 0 amide bonds. The van der Waals surface area contributed by atoms with E-state index in [2.05, 4.69) is 41.5 Å². The molecule has 17 heavy (non-hydrogen) atoms. The molecular weight excluding hydrogens is 210 g/mol. The Labute approximate surface area is 107 Å². The van der Waals surface area contributed by atoms with Gasteiger partial charge in [0, 0.05) is 6.04 Å². The van der Waals surface area contributed by atoms with Gasteiger partial charge in [0.15, 0.2) is 0 Å². The summed E-state index contributed by atoms with van der Waals surface area (Å²) in [4.78, 5) is 0. The summed E-state index contributed by atoms with van der Waals surface area (Å²) in [5.74, 6) is 0.773. The lowest BCUT2D eigenvalue weighted by molar-refractivity contribution is -0.0363. The van der Waals surface area contributed by atoms with Crippen molar-refractivity contribution in [1.29, 1.82) is 0 Å². The van der Waals surface area contributed by atoms with Gasteiger partial charge in [-0.1, -0.05) is 41.5 Å². The third kappa shape index (κ3) is 4.97. The average Bonchev–Trinajstić information content (AvgIpc) is 2.09. The maximum atomic E-state index is 6.15. The molecule has 0 spiro atoms. The molecule has 1 aliphatic rings. The van der Waals surface area contributed by atoms with E-state index in [1.807, 2.05) is 0 Å². The van der Waals surface area contributed by atoms with Gasteiger partial charge in [-0.05, 0) is 36.0 Å². The van der Waals surface area contributed by atoms with Crippen molar-refractivity contribution in [1.82, 2.24) is 0 Å². The molecular formula is C15H31NO. The zero-order valence-electron chi connectivity index (χ0n) is 12.5. The second kappa shape index (κ2) is 5.27. The van der Waals surface area contributed by atoms with E-state index < -0.39 is 0 Å². The third-order valence-corrected chi connectivity index (χ3v) is 3.97. The molecule has 0 aromatic heterocycles. The highest BCUT2D eigenvalue weighted by Crippen LogP contribution is 2.39. The molecule has 3 atom stereocenters. The molecule has 0 aliphatic heterocycles. The molecule has 0 aromatic carbocycles. The number of ether oxygens (including phenoxy) is 1. The van der Waals surface area contributed by atoms with Crippen LogP contribution in [0.5, 0.6) is 0 Å². The Morgan fingerprint density at radius 2 is 1.88 bits per heavy atom. The number of rotatable bonds is 3. The van der Waals surface area contributed by atoms with E-state index in [9.17, 15) is 0 Å². The van der Waals surface area contributed by atoms with Crippen LogP contribution in [0.15, 0.2) is 0 Å². The standard InChI is InChI=1S/C15H31NO/c1-11-7-12(9-15(5,6)8-11)17-10-13(16)14(2,3)4/h11-13H,7-10,16H2,1-6H3. The molecule has 1 rings (SSSR count).